The lowest BCUT2D eigenvalue weighted by molar-refractivity contribution is -0.274. The van der Waals surface area contributed by atoms with E-state index in [1.54, 1.807) is 37.4 Å². The number of nitrogens with one attached hydrogen (secondary N) is 2. The number of hydrogen-bond acceptors (Lipinski definition) is 6. The molecule has 11 heteroatoms. The Labute approximate surface area is 178 Å². The molecule has 0 radical (unpaired) electrons. The van der Waals surface area contributed by atoms with E-state index in [1.165, 1.54) is 31.5 Å². The Morgan fingerprint density at radius 1 is 1.19 bits per heavy atom. The second kappa shape index (κ2) is 10.3. The number of ether oxygens (including phenoxy) is 1. The summed E-state index contributed by atoms with van der Waals surface area (Å²) in [6.07, 6.45) is -1.73. The van der Waals surface area contributed by atoms with Crippen LogP contribution in [0, 0.1) is 0 Å². The number of hydrogen-bond donors (Lipinski definition) is 3. The number of aliphatic imine (C=N–C) groups is 1. The summed E-state index contributed by atoms with van der Waals surface area (Å²) in [6, 6.07) is 10.6. The zero-order valence-corrected chi connectivity index (χ0v) is 17.7. The number of rotatable bonds is 9. The highest BCUT2D eigenvalue weighted by atomic mass is 32.2. The van der Waals surface area contributed by atoms with Crippen LogP contribution in [0.4, 0.5) is 18.9 Å². The van der Waals surface area contributed by atoms with Gasteiger partial charge in [-0.2, -0.15) is 0 Å². The van der Waals surface area contributed by atoms with Crippen LogP contribution in [-0.2, 0) is 10.0 Å². The maximum atomic E-state index is 12.5. The lowest BCUT2D eigenvalue weighted by Crippen LogP contribution is -2.26. The van der Waals surface area contributed by atoms with Gasteiger partial charge in [0, 0.05) is 36.8 Å². The fourth-order valence-corrected chi connectivity index (χ4v) is 3.23. The van der Waals surface area contributed by atoms with Crippen molar-refractivity contribution in [2.24, 2.45) is 10.7 Å². The molecule has 0 saturated heterocycles. The number of alkyl halides is 3. The highest BCUT2D eigenvalue weighted by Gasteiger charge is 2.31. The van der Waals surface area contributed by atoms with E-state index < -0.39 is 16.4 Å². The minimum Gasteiger partial charge on any atom is -0.406 e. The Bertz CT molecular complexity index is 1070. The predicted molar refractivity (Wildman–Crippen MR) is 116 cm³/mol. The average Bonchev–Trinajstić information content (AvgIpc) is 2.71. The van der Waals surface area contributed by atoms with E-state index in [9.17, 15) is 21.6 Å². The van der Waals surface area contributed by atoms with E-state index in [1.807, 2.05) is 0 Å². The third-order valence-corrected chi connectivity index (χ3v) is 5.50. The molecule has 2 aromatic rings. The molecule has 0 aliphatic rings. The second-order valence-electron chi connectivity index (χ2n) is 6.32. The summed E-state index contributed by atoms with van der Waals surface area (Å²) in [5, 5.41) is 3.02. The molecular weight excluding hydrogens is 433 g/mol. The molecule has 0 heterocycles. The molecule has 0 unspecified atom stereocenters. The van der Waals surface area contributed by atoms with Gasteiger partial charge in [-0.15, -0.1) is 13.2 Å². The van der Waals surface area contributed by atoms with Crippen molar-refractivity contribution in [3.8, 4) is 16.9 Å². The summed E-state index contributed by atoms with van der Waals surface area (Å²) >= 11 is 0. The van der Waals surface area contributed by atoms with Gasteiger partial charge in [0.05, 0.1) is 5.75 Å². The van der Waals surface area contributed by atoms with Gasteiger partial charge in [-0.25, -0.2) is 13.1 Å². The zero-order valence-electron chi connectivity index (χ0n) is 16.9. The molecule has 0 aliphatic heterocycles. The van der Waals surface area contributed by atoms with E-state index in [4.69, 9.17) is 5.73 Å². The number of sulfonamides is 1. The smallest absolute Gasteiger partial charge is 0.406 e. The molecule has 31 heavy (non-hydrogen) atoms. The molecule has 0 aliphatic carbocycles. The summed E-state index contributed by atoms with van der Waals surface area (Å²) in [5.74, 6) is -0.491. The first-order chi connectivity index (χ1) is 14.5. The molecule has 7 nitrogen and oxygen atoms in total. The topological polar surface area (TPSA) is 106 Å². The van der Waals surface area contributed by atoms with Crippen LogP contribution in [0.15, 0.2) is 53.5 Å². The number of anilines is 1. The number of allylic oxidation sites excluding steroid dienone is 1. The molecule has 0 spiro atoms. The molecule has 0 saturated carbocycles. The van der Waals surface area contributed by atoms with E-state index in [0.29, 0.717) is 28.1 Å². The standard InChI is InChI=1S/C20H23F3N4O3S/c1-25-9-8-18(24)17-13-15(6-7-19(17)27-10-11-31(28,29)26-2)14-4-3-5-16(12-14)30-20(21,22)23/h3-9,12-13,26-27H,10-11,24H2,1-2H3. The van der Waals surface area contributed by atoms with Crippen molar-refractivity contribution >= 4 is 27.6 Å². The van der Waals surface area contributed by atoms with Crippen LogP contribution in [0.5, 0.6) is 5.75 Å². The van der Waals surface area contributed by atoms with Crippen LogP contribution in [0.25, 0.3) is 16.8 Å². The van der Waals surface area contributed by atoms with Crippen molar-refractivity contribution in [3.63, 3.8) is 0 Å². The zero-order chi connectivity index (χ0) is 23.1. The lowest BCUT2D eigenvalue weighted by atomic mass is 10.00. The molecule has 0 atom stereocenters. The van der Waals surface area contributed by atoms with Crippen molar-refractivity contribution in [2.75, 3.05) is 31.7 Å². The fourth-order valence-electron chi connectivity index (χ4n) is 2.66. The van der Waals surface area contributed by atoms with Gasteiger partial charge in [0.2, 0.25) is 10.0 Å². The number of nitrogens with zero attached hydrogens (tertiary/aromatic N) is 1. The quantitative estimate of drug-likeness (QED) is 0.503. The van der Waals surface area contributed by atoms with E-state index in [0.717, 1.165) is 0 Å². The van der Waals surface area contributed by atoms with Crippen LogP contribution in [0.3, 0.4) is 0 Å². The van der Waals surface area contributed by atoms with Gasteiger partial charge in [-0.05, 0) is 48.5 Å². The Morgan fingerprint density at radius 3 is 2.55 bits per heavy atom. The third-order valence-electron chi connectivity index (χ3n) is 4.13. The first-order valence-electron chi connectivity index (χ1n) is 9.08. The maximum Gasteiger partial charge on any atom is 0.573 e. The highest BCUT2D eigenvalue weighted by molar-refractivity contribution is 7.89. The molecule has 4 N–H and O–H groups in total. The summed E-state index contributed by atoms with van der Waals surface area (Å²) in [7, 11) is -0.485. The summed E-state index contributed by atoms with van der Waals surface area (Å²) in [4.78, 5) is 3.85. The first kappa shape index (κ1) is 24.2. The Kier molecular flexibility index (Phi) is 8.06. The predicted octanol–water partition coefficient (Wildman–Crippen LogP) is 3.21. The normalized spacial score (nSPS) is 12.9. The van der Waals surface area contributed by atoms with Gasteiger partial charge in [-0.1, -0.05) is 18.2 Å². The molecule has 0 fully saturated rings. The van der Waals surface area contributed by atoms with Crippen LogP contribution in [-0.4, -0.2) is 47.4 Å². The molecule has 2 aromatic carbocycles. The van der Waals surface area contributed by atoms with Gasteiger partial charge >= 0.3 is 6.36 Å². The molecule has 0 amide bonds. The molecule has 168 valence electrons. The van der Waals surface area contributed by atoms with Gasteiger partial charge in [0.25, 0.3) is 0 Å². The number of nitrogens with two attached hydrogens (primary N) is 1. The highest BCUT2D eigenvalue weighted by Crippen LogP contribution is 2.31. The van der Waals surface area contributed by atoms with Crippen molar-refractivity contribution in [3.05, 3.63) is 54.1 Å². The van der Waals surface area contributed by atoms with Crippen molar-refractivity contribution in [1.29, 1.82) is 0 Å². The third kappa shape index (κ3) is 7.61. The van der Waals surface area contributed by atoms with Gasteiger partial charge < -0.3 is 15.8 Å². The second-order valence-corrected chi connectivity index (χ2v) is 8.36. The van der Waals surface area contributed by atoms with Crippen LogP contribution < -0.4 is 20.5 Å². The van der Waals surface area contributed by atoms with E-state index >= 15 is 0 Å². The molecule has 0 aromatic heterocycles. The largest absolute Gasteiger partial charge is 0.573 e. The summed E-state index contributed by atoms with van der Waals surface area (Å²) in [5.41, 5.74) is 8.69. The summed E-state index contributed by atoms with van der Waals surface area (Å²) < 4.78 is 67.1. The van der Waals surface area contributed by atoms with Gasteiger partial charge in [0.15, 0.2) is 0 Å². The maximum absolute atomic E-state index is 12.5. The van der Waals surface area contributed by atoms with Crippen molar-refractivity contribution < 1.29 is 26.3 Å². The fraction of sp³-hybridized carbons (Fsp3) is 0.250. The monoisotopic (exact) mass is 456 g/mol. The van der Waals surface area contributed by atoms with E-state index in [2.05, 4.69) is 19.8 Å². The number of benzene rings is 2. The molecule has 0 bridgehead atoms. The van der Waals surface area contributed by atoms with Gasteiger partial charge in [0.1, 0.15) is 5.75 Å². The average molecular weight is 456 g/mol. The minimum absolute atomic E-state index is 0.125. The van der Waals surface area contributed by atoms with E-state index in [-0.39, 0.29) is 18.0 Å². The van der Waals surface area contributed by atoms with Crippen LogP contribution in [0.2, 0.25) is 0 Å². The Morgan fingerprint density at radius 2 is 1.90 bits per heavy atom. The lowest BCUT2D eigenvalue weighted by Gasteiger charge is -2.15. The van der Waals surface area contributed by atoms with Crippen LogP contribution >= 0.6 is 0 Å². The Balaban J connectivity index is 2.40. The SMILES string of the molecule is CN=CC=C(N)c1cc(-c2cccc(OC(F)(F)F)c2)ccc1NCCS(=O)(=O)NC. The van der Waals surface area contributed by atoms with Crippen molar-refractivity contribution in [2.45, 2.75) is 6.36 Å². The van der Waals surface area contributed by atoms with Crippen LogP contribution in [0.1, 0.15) is 5.56 Å². The molecule has 2 rings (SSSR count). The summed E-state index contributed by atoms with van der Waals surface area (Å²) in [6.45, 7) is 0.125. The number of halogens is 3. The minimum atomic E-state index is -4.79. The molecular formula is C20H23F3N4O3S. The van der Waals surface area contributed by atoms with Crippen molar-refractivity contribution in [1.82, 2.24) is 4.72 Å². The van der Waals surface area contributed by atoms with Gasteiger partial charge in [-0.3, -0.25) is 4.99 Å². The first-order valence-corrected chi connectivity index (χ1v) is 10.7. The Hall–Kier alpha value is -3.05.